The molecule has 0 saturated carbocycles. The second kappa shape index (κ2) is 11.7. The Labute approximate surface area is 247 Å². The molecule has 6 aromatic rings. The minimum absolute atomic E-state index is 0.0154. The third kappa shape index (κ3) is 6.09. The molecule has 0 spiro atoms. The number of nitrogens with zero attached hydrogens (tertiary/aromatic N) is 6. The maximum Gasteiger partial charge on any atom is 0.416 e. The fraction of sp³-hybridized carbons (Fsp3) is 0.0667. The summed E-state index contributed by atoms with van der Waals surface area (Å²) in [5.41, 5.74) is 2.39. The topological polar surface area (TPSA) is 128 Å². The normalized spacial score (nSPS) is 11.3. The summed E-state index contributed by atoms with van der Waals surface area (Å²) in [6.07, 6.45) is 2.75. The third-order valence-electron chi connectivity index (χ3n) is 6.36. The molecule has 0 aliphatic carbocycles. The van der Waals surface area contributed by atoms with Crippen molar-refractivity contribution in [2.24, 2.45) is 0 Å². The van der Waals surface area contributed by atoms with Gasteiger partial charge in [0.25, 0.3) is 0 Å². The lowest BCUT2D eigenvalue weighted by molar-refractivity contribution is -0.137. The number of imidazole rings is 1. The Morgan fingerprint density at radius 1 is 0.864 bits per heavy atom. The zero-order chi connectivity index (χ0) is 30.7. The standard InChI is InChI=1S/C30H21F3N8O3/c1-43-27-11-10-26-35-17-25(41(26)40-27)18-4-7-22(8-5-18)44-29-36-15-21(16-37-29)38-28(42)39-24-13-20(30(31,32)33)6-9-23(24)19-3-2-12-34-14-19/h2-17H,1H3,(H2,38,39,42). The van der Waals surface area contributed by atoms with Gasteiger partial charge >= 0.3 is 18.2 Å². The molecule has 0 unspecified atom stereocenters. The van der Waals surface area contributed by atoms with E-state index in [0.717, 1.165) is 23.4 Å². The highest BCUT2D eigenvalue weighted by Crippen LogP contribution is 2.36. The van der Waals surface area contributed by atoms with Crippen molar-refractivity contribution in [1.82, 2.24) is 29.5 Å². The lowest BCUT2D eigenvalue weighted by Gasteiger charge is -2.15. The van der Waals surface area contributed by atoms with Gasteiger partial charge in [-0.25, -0.2) is 24.3 Å². The van der Waals surface area contributed by atoms with Crippen LogP contribution in [0.15, 0.2) is 97.7 Å². The first-order chi connectivity index (χ1) is 21.3. The van der Waals surface area contributed by atoms with Crippen LogP contribution in [0.3, 0.4) is 0 Å². The zero-order valence-corrected chi connectivity index (χ0v) is 22.8. The molecule has 4 aromatic heterocycles. The predicted octanol–water partition coefficient (Wildman–Crippen LogP) is 6.71. The molecular formula is C30H21F3N8O3. The van der Waals surface area contributed by atoms with Crippen molar-refractivity contribution in [2.75, 3.05) is 17.7 Å². The van der Waals surface area contributed by atoms with E-state index in [1.165, 1.54) is 38.0 Å². The minimum Gasteiger partial charge on any atom is -0.480 e. The number of rotatable bonds is 7. The van der Waals surface area contributed by atoms with E-state index in [9.17, 15) is 18.0 Å². The van der Waals surface area contributed by atoms with Gasteiger partial charge in [-0.2, -0.15) is 13.2 Å². The van der Waals surface area contributed by atoms with E-state index in [4.69, 9.17) is 9.47 Å². The summed E-state index contributed by atoms with van der Waals surface area (Å²) in [6, 6.07) is 16.3. The average Bonchev–Trinajstić information content (AvgIpc) is 3.45. The Hall–Kier alpha value is -6.05. The van der Waals surface area contributed by atoms with Gasteiger partial charge in [-0.3, -0.25) is 4.98 Å². The number of anilines is 2. The van der Waals surface area contributed by atoms with Crippen LogP contribution in [0.2, 0.25) is 0 Å². The number of nitrogens with one attached hydrogen (secondary N) is 2. The molecule has 14 heteroatoms. The molecule has 0 atom stereocenters. The van der Waals surface area contributed by atoms with Crippen LogP contribution in [0.1, 0.15) is 5.56 Å². The van der Waals surface area contributed by atoms with Crippen LogP contribution in [0.25, 0.3) is 28.0 Å². The van der Waals surface area contributed by atoms with E-state index in [2.05, 4.69) is 35.7 Å². The highest BCUT2D eigenvalue weighted by atomic mass is 19.4. The van der Waals surface area contributed by atoms with Crippen molar-refractivity contribution in [3.05, 3.63) is 103 Å². The van der Waals surface area contributed by atoms with Gasteiger partial charge in [0, 0.05) is 35.2 Å². The summed E-state index contributed by atoms with van der Waals surface area (Å²) < 4.78 is 52.7. The summed E-state index contributed by atoms with van der Waals surface area (Å²) in [5.74, 6) is 0.911. The average molecular weight is 599 g/mol. The van der Waals surface area contributed by atoms with Gasteiger partial charge in [0.1, 0.15) is 5.75 Å². The number of fused-ring (bicyclic) bond motifs is 1. The van der Waals surface area contributed by atoms with Crippen molar-refractivity contribution in [3.8, 4) is 40.0 Å². The molecule has 0 aliphatic heterocycles. The number of amides is 2. The maximum absolute atomic E-state index is 13.4. The van der Waals surface area contributed by atoms with Crippen LogP contribution in [-0.4, -0.2) is 42.7 Å². The van der Waals surface area contributed by atoms with Crippen LogP contribution >= 0.6 is 0 Å². The van der Waals surface area contributed by atoms with Gasteiger partial charge in [0.05, 0.1) is 48.3 Å². The highest BCUT2D eigenvalue weighted by Gasteiger charge is 2.31. The van der Waals surface area contributed by atoms with Crippen LogP contribution in [0.5, 0.6) is 17.6 Å². The van der Waals surface area contributed by atoms with Gasteiger partial charge in [-0.15, -0.1) is 5.10 Å². The van der Waals surface area contributed by atoms with E-state index < -0.39 is 17.8 Å². The number of carbonyl (C=O) groups is 1. The minimum atomic E-state index is -4.59. The molecule has 44 heavy (non-hydrogen) atoms. The first-order valence-electron chi connectivity index (χ1n) is 13.0. The van der Waals surface area contributed by atoms with Gasteiger partial charge < -0.3 is 20.1 Å². The largest absolute Gasteiger partial charge is 0.480 e. The summed E-state index contributed by atoms with van der Waals surface area (Å²) in [5, 5.41) is 9.39. The molecule has 0 radical (unpaired) electrons. The Bertz CT molecular complexity index is 1930. The molecule has 2 aromatic carbocycles. The molecule has 6 rings (SSSR count). The van der Waals surface area contributed by atoms with Crippen LogP contribution in [0, 0.1) is 0 Å². The maximum atomic E-state index is 13.4. The number of methoxy groups -OCH3 is 1. The Kier molecular flexibility index (Phi) is 7.45. The Morgan fingerprint density at radius 3 is 2.36 bits per heavy atom. The molecular weight excluding hydrogens is 577 g/mol. The number of alkyl halides is 3. The number of aromatic nitrogens is 6. The van der Waals surface area contributed by atoms with Crippen molar-refractivity contribution >= 4 is 23.1 Å². The van der Waals surface area contributed by atoms with Crippen LogP contribution in [-0.2, 0) is 6.18 Å². The highest BCUT2D eigenvalue weighted by molar-refractivity contribution is 6.02. The Balaban J connectivity index is 1.12. The van der Waals surface area contributed by atoms with Crippen molar-refractivity contribution in [1.29, 1.82) is 0 Å². The van der Waals surface area contributed by atoms with E-state index in [1.807, 2.05) is 12.1 Å². The van der Waals surface area contributed by atoms with Crippen molar-refractivity contribution < 1.29 is 27.4 Å². The van der Waals surface area contributed by atoms with Crippen LogP contribution in [0.4, 0.5) is 29.3 Å². The van der Waals surface area contributed by atoms with Crippen LogP contribution < -0.4 is 20.1 Å². The quantitative estimate of drug-likeness (QED) is 0.208. The van der Waals surface area contributed by atoms with Gasteiger partial charge in [0.2, 0.25) is 5.88 Å². The lowest BCUT2D eigenvalue weighted by atomic mass is 10.0. The second-order valence-electron chi connectivity index (χ2n) is 9.25. The fourth-order valence-corrected chi connectivity index (χ4v) is 4.28. The number of hydrogen-bond acceptors (Lipinski definition) is 8. The number of carbonyl (C=O) groups excluding carboxylic acids is 1. The number of benzene rings is 2. The first kappa shape index (κ1) is 28.1. The second-order valence-corrected chi connectivity index (χ2v) is 9.25. The molecule has 220 valence electrons. The summed E-state index contributed by atoms with van der Waals surface area (Å²) in [7, 11) is 1.54. The first-order valence-corrected chi connectivity index (χ1v) is 13.0. The Morgan fingerprint density at radius 2 is 1.66 bits per heavy atom. The van der Waals surface area contributed by atoms with Crippen molar-refractivity contribution in [2.45, 2.75) is 6.18 Å². The number of halogens is 3. The molecule has 0 bridgehead atoms. The van der Waals surface area contributed by atoms with E-state index in [-0.39, 0.29) is 17.4 Å². The number of ether oxygens (including phenoxy) is 2. The number of urea groups is 1. The van der Waals surface area contributed by atoms with E-state index in [0.29, 0.717) is 28.4 Å². The van der Waals surface area contributed by atoms with Gasteiger partial charge in [-0.05, 0) is 48.5 Å². The fourth-order valence-electron chi connectivity index (χ4n) is 4.28. The molecule has 0 fully saturated rings. The predicted molar refractivity (Wildman–Crippen MR) is 154 cm³/mol. The summed E-state index contributed by atoms with van der Waals surface area (Å²) in [4.78, 5) is 29.3. The lowest BCUT2D eigenvalue weighted by Crippen LogP contribution is -2.20. The molecule has 0 saturated heterocycles. The summed E-state index contributed by atoms with van der Waals surface area (Å²) >= 11 is 0. The molecule has 4 heterocycles. The number of hydrogen-bond donors (Lipinski definition) is 2. The van der Waals surface area contributed by atoms with Crippen molar-refractivity contribution in [3.63, 3.8) is 0 Å². The SMILES string of the molecule is COc1ccc2ncc(-c3ccc(Oc4ncc(NC(=O)Nc5cc(C(F)(F)F)ccc5-c5cccnc5)cn4)cc3)n2n1. The van der Waals surface area contributed by atoms with Gasteiger partial charge in [0.15, 0.2) is 5.65 Å². The summed E-state index contributed by atoms with van der Waals surface area (Å²) in [6.45, 7) is 0. The third-order valence-corrected chi connectivity index (χ3v) is 6.36. The monoisotopic (exact) mass is 598 g/mol. The molecule has 2 amide bonds. The number of pyridine rings is 1. The van der Waals surface area contributed by atoms with E-state index >= 15 is 0 Å². The van der Waals surface area contributed by atoms with Gasteiger partial charge in [-0.1, -0.05) is 12.1 Å². The molecule has 11 nitrogen and oxygen atoms in total. The molecule has 2 N–H and O–H groups in total. The van der Waals surface area contributed by atoms with E-state index in [1.54, 1.807) is 47.1 Å². The molecule has 0 aliphatic rings. The smallest absolute Gasteiger partial charge is 0.416 e. The zero-order valence-electron chi connectivity index (χ0n) is 22.8.